The Balaban J connectivity index is 1.44. The monoisotopic (exact) mass is 446 g/mol. The number of fused-ring (bicyclic) bond motifs is 15. The van der Waals surface area contributed by atoms with Gasteiger partial charge in [-0.3, -0.25) is 9.38 Å². The van der Waals surface area contributed by atoms with E-state index in [9.17, 15) is 0 Å². The second-order valence-electron chi connectivity index (χ2n) is 9.69. The van der Waals surface area contributed by atoms with Crippen LogP contribution in [0.25, 0.3) is 60.9 Å². The Kier molecular flexibility index (Phi) is 3.11. The van der Waals surface area contributed by atoms with E-state index in [-0.39, 0.29) is 0 Å². The molecule has 4 nitrogen and oxygen atoms in total. The summed E-state index contributed by atoms with van der Waals surface area (Å²) in [4.78, 5) is 14.6. The van der Waals surface area contributed by atoms with Crippen molar-refractivity contribution in [2.45, 2.75) is 12.8 Å². The number of pyridine rings is 3. The fourth-order valence-corrected chi connectivity index (χ4v) is 6.44. The van der Waals surface area contributed by atoms with Crippen LogP contribution in [0.15, 0.2) is 85.2 Å². The summed E-state index contributed by atoms with van der Waals surface area (Å²) in [6.45, 7) is 0. The van der Waals surface area contributed by atoms with Gasteiger partial charge in [0.15, 0.2) is 5.65 Å². The van der Waals surface area contributed by atoms with Crippen molar-refractivity contribution in [1.82, 2.24) is 19.4 Å². The van der Waals surface area contributed by atoms with Crippen LogP contribution in [0.5, 0.6) is 0 Å². The van der Waals surface area contributed by atoms with Gasteiger partial charge in [-0.2, -0.15) is 0 Å². The minimum Gasteiger partial charge on any atom is -0.274 e. The van der Waals surface area contributed by atoms with Crippen molar-refractivity contribution < 1.29 is 0 Å². The smallest absolute Gasteiger partial charge is 0.165 e. The maximum atomic E-state index is 5.03. The van der Waals surface area contributed by atoms with E-state index < -0.39 is 0 Å². The Hall–Kier alpha value is -4.57. The van der Waals surface area contributed by atoms with Gasteiger partial charge in [0, 0.05) is 23.2 Å². The molecule has 0 aliphatic heterocycles. The lowest BCUT2D eigenvalue weighted by Gasteiger charge is -2.12. The first-order chi connectivity index (χ1) is 17.3. The Morgan fingerprint density at radius 2 is 1.40 bits per heavy atom. The Morgan fingerprint density at radius 3 is 2.34 bits per heavy atom. The van der Waals surface area contributed by atoms with Crippen LogP contribution in [0.1, 0.15) is 22.3 Å². The first kappa shape index (κ1) is 17.8. The van der Waals surface area contributed by atoms with Crippen LogP contribution < -0.4 is 0 Å². The SMILES string of the molecule is c1ccc2c(c1)Cc1ccc3c(c1-2)-c1cc2c(cc1C3)c1nc3cccnc3n1c1cccnc21. The number of imidazole rings is 1. The fourth-order valence-electron chi connectivity index (χ4n) is 6.44. The molecule has 0 fully saturated rings. The van der Waals surface area contributed by atoms with Crippen LogP contribution in [-0.2, 0) is 12.8 Å². The highest BCUT2D eigenvalue weighted by molar-refractivity contribution is 6.14. The third kappa shape index (κ3) is 2.15. The van der Waals surface area contributed by atoms with Crippen LogP contribution in [0.3, 0.4) is 0 Å². The quantitative estimate of drug-likeness (QED) is 0.243. The molecule has 0 radical (unpaired) electrons. The molecule has 0 amide bonds. The van der Waals surface area contributed by atoms with Crippen molar-refractivity contribution in [2.24, 2.45) is 0 Å². The average Bonchev–Trinajstić information content (AvgIpc) is 3.58. The normalized spacial score (nSPS) is 13.5. The summed E-state index contributed by atoms with van der Waals surface area (Å²) < 4.78 is 2.17. The zero-order chi connectivity index (χ0) is 22.7. The van der Waals surface area contributed by atoms with Gasteiger partial charge in [-0.25, -0.2) is 9.97 Å². The van der Waals surface area contributed by atoms with Crippen molar-refractivity contribution in [3.8, 4) is 22.3 Å². The molecule has 0 N–H and O–H groups in total. The summed E-state index contributed by atoms with van der Waals surface area (Å²) in [5.74, 6) is 0. The summed E-state index contributed by atoms with van der Waals surface area (Å²) in [6.07, 6.45) is 5.68. The second kappa shape index (κ2) is 6.10. The molecule has 4 aromatic heterocycles. The Morgan fingerprint density at radius 1 is 0.600 bits per heavy atom. The molecule has 4 heteroatoms. The van der Waals surface area contributed by atoms with E-state index >= 15 is 0 Å². The molecule has 0 atom stereocenters. The molecule has 35 heavy (non-hydrogen) atoms. The van der Waals surface area contributed by atoms with Gasteiger partial charge in [0.2, 0.25) is 0 Å². The lowest BCUT2D eigenvalue weighted by molar-refractivity contribution is 1.23. The molecule has 0 unspecified atom stereocenters. The third-order valence-corrected chi connectivity index (χ3v) is 7.88. The van der Waals surface area contributed by atoms with Gasteiger partial charge in [-0.05, 0) is 93.7 Å². The van der Waals surface area contributed by atoms with Crippen molar-refractivity contribution in [3.05, 3.63) is 107 Å². The van der Waals surface area contributed by atoms with E-state index in [1.165, 1.54) is 44.5 Å². The molecule has 162 valence electrons. The minimum atomic E-state index is 0.876. The number of benzene rings is 3. The molecule has 0 saturated heterocycles. The molecule has 0 bridgehead atoms. The van der Waals surface area contributed by atoms with Crippen LogP contribution in [0.4, 0.5) is 0 Å². The second-order valence-corrected chi connectivity index (χ2v) is 9.69. The van der Waals surface area contributed by atoms with E-state index in [4.69, 9.17) is 9.97 Å². The largest absolute Gasteiger partial charge is 0.274 e. The molecular weight excluding hydrogens is 428 g/mol. The molecule has 7 aromatic rings. The molecule has 2 aliphatic rings. The molecule has 4 heterocycles. The predicted octanol–water partition coefficient (Wildman–Crippen LogP) is 6.73. The van der Waals surface area contributed by atoms with E-state index in [2.05, 4.69) is 64.0 Å². The zero-order valence-electron chi connectivity index (χ0n) is 18.8. The van der Waals surface area contributed by atoms with Crippen molar-refractivity contribution in [2.75, 3.05) is 0 Å². The van der Waals surface area contributed by atoms with Gasteiger partial charge in [-0.1, -0.05) is 36.4 Å². The fraction of sp³-hybridized carbons (Fsp3) is 0.0645. The Labute approximate surface area is 200 Å². The van der Waals surface area contributed by atoms with Gasteiger partial charge < -0.3 is 0 Å². The first-order valence-electron chi connectivity index (χ1n) is 12.0. The van der Waals surface area contributed by atoms with Gasteiger partial charge in [0.25, 0.3) is 0 Å². The lowest BCUT2D eigenvalue weighted by Crippen LogP contribution is -1.95. The maximum absolute atomic E-state index is 5.03. The van der Waals surface area contributed by atoms with E-state index in [1.54, 1.807) is 0 Å². The standard InChI is InChI=1S/C31H18N4/c1-2-6-21-17(5-1)13-18-9-10-19-14-20-15-24-23(16-22(20)28(19)27(18)21)29-26(8-4-11-32-29)35-30(24)34-25-7-3-12-33-31(25)35/h1-12,15-16H,13-14H2. The van der Waals surface area contributed by atoms with Crippen LogP contribution in [0.2, 0.25) is 0 Å². The van der Waals surface area contributed by atoms with Gasteiger partial charge >= 0.3 is 0 Å². The molecular formula is C31H18N4. The summed E-state index contributed by atoms with van der Waals surface area (Å²) in [6, 6.07) is 26.4. The van der Waals surface area contributed by atoms with Gasteiger partial charge in [-0.15, -0.1) is 0 Å². The highest BCUT2D eigenvalue weighted by atomic mass is 15.1. The molecule has 0 saturated carbocycles. The maximum Gasteiger partial charge on any atom is 0.165 e. The van der Waals surface area contributed by atoms with E-state index in [0.29, 0.717) is 0 Å². The average molecular weight is 447 g/mol. The minimum absolute atomic E-state index is 0.876. The van der Waals surface area contributed by atoms with E-state index in [1.807, 2.05) is 30.6 Å². The molecule has 9 rings (SSSR count). The summed E-state index contributed by atoms with van der Waals surface area (Å²) in [5.41, 5.74) is 15.9. The topological polar surface area (TPSA) is 43.1 Å². The molecule has 0 spiro atoms. The number of hydrogen-bond donors (Lipinski definition) is 0. The number of rotatable bonds is 0. The van der Waals surface area contributed by atoms with Crippen LogP contribution >= 0.6 is 0 Å². The van der Waals surface area contributed by atoms with Crippen molar-refractivity contribution in [3.63, 3.8) is 0 Å². The van der Waals surface area contributed by atoms with Gasteiger partial charge in [0.05, 0.1) is 11.0 Å². The van der Waals surface area contributed by atoms with Crippen molar-refractivity contribution >= 4 is 38.6 Å². The first-order valence-corrected chi connectivity index (χ1v) is 12.0. The van der Waals surface area contributed by atoms with Gasteiger partial charge in [0.1, 0.15) is 11.2 Å². The zero-order valence-corrected chi connectivity index (χ0v) is 18.8. The third-order valence-electron chi connectivity index (χ3n) is 7.88. The summed E-state index contributed by atoms with van der Waals surface area (Å²) in [7, 11) is 0. The van der Waals surface area contributed by atoms with E-state index in [0.717, 1.165) is 51.5 Å². The van der Waals surface area contributed by atoms with Crippen LogP contribution in [0, 0.1) is 0 Å². The lowest BCUT2D eigenvalue weighted by atomic mass is 9.93. The molecule has 3 aromatic carbocycles. The highest BCUT2D eigenvalue weighted by Crippen LogP contribution is 2.50. The van der Waals surface area contributed by atoms with Crippen LogP contribution in [-0.4, -0.2) is 19.4 Å². The summed E-state index contributed by atoms with van der Waals surface area (Å²) in [5, 5.41) is 2.29. The number of hydrogen-bond acceptors (Lipinski definition) is 3. The predicted molar refractivity (Wildman–Crippen MR) is 140 cm³/mol. The number of nitrogens with zero attached hydrogens (tertiary/aromatic N) is 4. The summed E-state index contributed by atoms with van der Waals surface area (Å²) >= 11 is 0. The number of aromatic nitrogens is 4. The highest BCUT2D eigenvalue weighted by Gasteiger charge is 2.29. The molecule has 2 aliphatic carbocycles. The van der Waals surface area contributed by atoms with Crippen molar-refractivity contribution in [1.29, 1.82) is 0 Å². The Bertz CT molecular complexity index is 2070.